The largest absolute Gasteiger partial charge is 0.396 e. The molecule has 2 aromatic heterocycles. The van der Waals surface area contributed by atoms with Crippen LogP contribution in [0.4, 0.5) is 11.4 Å². The summed E-state index contributed by atoms with van der Waals surface area (Å²) in [7, 11) is 0. The second-order valence-corrected chi connectivity index (χ2v) is 9.71. The monoisotopic (exact) mass is 453 g/mol. The van der Waals surface area contributed by atoms with E-state index in [-0.39, 0.29) is 11.8 Å². The molecular weight excluding hydrogens is 426 g/mol. The van der Waals surface area contributed by atoms with Gasteiger partial charge in [0.1, 0.15) is 0 Å². The molecule has 31 heavy (non-hydrogen) atoms. The summed E-state index contributed by atoms with van der Waals surface area (Å²) in [5, 5.41) is 3.86. The summed E-state index contributed by atoms with van der Waals surface area (Å²) in [6.07, 6.45) is 6.54. The summed E-state index contributed by atoms with van der Waals surface area (Å²) in [4.78, 5) is 30.1. The summed E-state index contributed by atoms with van der Waals surface area (Å²) < 4.78 is 0. The van der Waals surface area contributed by atoms with Crippen molar-refractivity contribution in [3.05, 3.63) is 46.2 Å². The van der Waals surface area contributed by atoms with Gasteiger partial charge in [-0.25, -0.2) is 0 Å². The van der Waals surface area contributed by atoms with E-state index in [9.17, 15) is 9.59 Å². The van der Waals surface area contributed by atoms with E-state index in [0.29, 0.717) is 40.2 Å². The van der Waals surface area contributed by atoms with Crippen molar-refractivity contribution in [3.8, 4) is 20.9 Å². The van der Waals surface area contributed by atoms with E-state index in [0.717, 1.165) is 29.0 Å². The van der Waals surface area contributed by atoms with Crippen LogP contribution in [0, 0.1) is 0 Å². The minimum atomic E-state index is -0.263. The molecule has 3 heterocycles. The van der Waals surface area contributed by atoms with Crippen molar-refractivity contribution in [1.82, 2.24) is 4.90 Å². The average molecular weight is 454 g/mol. The molecule has 0 fully saturated rings. The summed E-state index contributed by atoms with van der Waals surface area (Å²) >= 11 is 2.97. The maximum absolute atomic E-state index is 13.5. The Morgan fingerprint density at radius 2 is 1.23 bits per heavy atom. The SMILES string of the molecule is CCCCCCCCN1C(=O)c2c(c(-c3cccs3)c(N)c(N)c2-c2cccs2)C1=O. The lowest BCUT2D eigenvalue weighted by molar-refractivity contribution is 0.0652. The van der Waals surface area contributed by atoms with Gasteiger partial charge in [0.15, 0.2) is 0 Å². The van der Waals surface area contributed by atoms with Gasteiger partial charge in [-0.05, 0) is 29.3 Å². The highest BCUT2D eigenvalue weighted by molar-refractivity contribution is 7.14. The number of nitrogens with two attached hydrogens (primary N) is 2. The molecule has 0 radical (unpaired) electrons. The van der Waals surface area contributed by atoms with E-state index < -0.39 is 0 Å². The minimum Gasteiger partial charge on any atom is -0.396 e. The Hall–Kier alpha value is -2.64. The van der Waals surface area contributed by atoms with Crippen molar-refractivity contribution in [2.45, 2.75) is 45.4 Å². The molecule has 7 heteroatoms. The highest BCUT2D eigenvalue weighted by atomic mass is 32.1. The predicted molar refractivity (Wildman–Crippen MR) is 131 cm³/mol. The molecule has 2 amide bonds. The number of amides is 2. The predicted octanol–water partition coefficient (Wildman–Crippen LogP) is 6.26. The van der Waals surface area contributed by atoms with Gasteiger partial charge >= 0.3 is 0 Å². The number of fused-ring (bicyclic) bond motifs is 1. The topological polar surface area (TPSA) is 89.4 Å². The molecule has 5 nitrogen and oxygen atoms in total. The van der Waals surface area contributed by atoms with Crippen molar-refractivity contribution < 1.29 is 9.59 Å². The standard InChI is InChI=1S/C24H27N3O2S2/c1-2-3-4-5-6-7-12-27-23(28)19-17(15-10-8-13-30-15)21(25)22(26)18(20(19)24(27)29)16-11-9-14-31-16/h8-11,13-14H,2-7,12,25-26H2,1H3. The number of carbonyl (C=O) groups excluding carboxylic acids is 2. The Bertz CT molecular complexity index is 1010. The van der Waals surface area contributed by atoms with Crippen LogP contribution in [0.1, 0.15) is 66.2 Å². The smallest absolute Gasteiger partial charge is 0.262 e. The van der Waals surface area contributed by atoms with Crippen LogP contribution in [0.25, 0.3) is 20.9 Å². The molecule has 162 valence electrons. The van der Waals surface area contributed by atoms with E-state index in [1.807, 2.05) is 35.0 Å². The van der Waals surface area contributed by atoms with Gasteiger partial charge in [0.25, 0.3) is 11.8 Å². The van der Waals surface area contributed by atoms with Gasteiger partial charge in [-0.15, -0.1) is 22.7 Å². The Morgan fingerprint density at radius 3 is 1.68 bits per heavy atom. The molecule has 1 aliphatic rings. The molecule has 4 rings (SSSR count). The maximum atomic E-state index is 13.5. The van der Waals surface area contributed by atoms with Crippen LogP contribution in [-0.4, -0.2) is 23.3 Å². The number of nitrogen functional groups attached to an aromatic ring is 2. The number of hydrogen-bond acceptors (Lipinski definition) is 6. The molecule has 0 aliphatic carbocycles. The molecule has 1 aromatic carbocycles. The number of hydrogen-bond donors (Lipinski definition) is 2. The first-order valence-corrected chi connectivity index (χ1v) is 12.5. The van der Waals surface area contributed by atoms with Crippen molar-refractivity contribution in [1.29, 1.82) is 0 Å². The van der Waals surface area contributed by atoms with Crippen LogP contribution in [0.15, 0.2) is 35.0 Å². The molecule has 0 bridgehead atoms. The Labute approximate surface area is 190 Å². The fourth-order valence-corrected chi connectivity index (χ4v) is 5.77. The zero-order chi connectivity index (χ0) is 22.0. The van der Waals surface area contributed by atoms with Crippen LogP contribution in [-0.2, 0) is 0 Å². The van der Waals surface area contributed by atoms with Gasteiger partial charge in [0, 0.05) is 27.4 Å². The normalized spacial score (nSPS) is 13.3. The first-order chi connectivity index (χ1) is 15.1. The van der Waals surface area contributed by atoms with E-state index in [2.05, 4.69) is 6.92 Å². The van der Waals surface area contributed by atoms with Crippen LogP contribution in [0.2, 0.25) is 0 Å². The second kappa shape index (κ2) is 9.24. The number of nitrogens with zero attached hydrogens (tertiary/aromatic N) is 1. The number of carbonyl (C=O) groups is 2. The van der Waals surface area contributed by atoms with Crippen LogP contribution in [0.3, 0.4) is 0 Å². The average Bonchev–Trinajstić information content (AvgIpc) is 3.51. The number of thiophene rings is 2. The third kappa shape index (κ3) is 3.88. The number of rotatable bonds is 9. The lowest BCUT2D eigenvalue weighted by Gasteiger charge is -2.16. The fourth-order valence-electron chi connectivity index (χ4n) is 4.19. The van der Waals surface area contributed by atoms with Gasteiger partial charge in [-0.1, -0.05) is 51.2 Å². The lowest BCUT2D eigenvalue weighted by Crippen LogP contribution is -2.30. The highest BCUT2D eigenvalue weighted by Crippen LogP contribution is 2.48. The molecule has 0 saturated carbocycles. The third-order valence-corrected chi connectivity index (χ3v) is 7.54. The van der Waals surface area contributed by atoms with E-state index in [1.165, 1.54) is 46.8 Å². The zero-order valence-electron chi connectivity index (χ0n) is 17.6. The molecule has 0 atom stereocenters. The summed E-state index contributed by atoms with van der Waals surface area (Å²) in [6.45, 7) is 2.61. The number of unbranched alkanes of at least 4 members (excludes halogenated alkanes) is 5. The number of anilines is 2. The number of benzene rings is 1. The van der Waals surface area contributed by atoms with Crippen molar-refractivity contribution in [2.24, 2.45) is 0 Å². The minimum absolute atomic E-state index is 0.263. The Balaban J connectivity index is 1.75. The first kappa shape index (κ1) is 21.6. The van der Waals surface area contributed by atoms with Gasteiger partial charge in [-0.2, -0.15) is 0 Å². The highest BCUT2D eigenvalue weighted by Gasteiger charge is 2.42. The van der Waals surface area contributed by atoms with Gasteiger partial charge < -0.3 is 11.5 Å². The number of imide groups is 1. The Morgan fingerprint density at radius 1 is 0.742 bits per heavy atom. The molecule has 4 N–H and O–H groups in total. The maximum Gasteiger partial charge on any atom is 0.262 e. The van der Waals surface area contributed by atoms with Crippen molar-refractivity contribution in [2.75, 3.05) is 18.0 Å². The fraction of sp³-hybridized carbons (Fsp3) is 0.333. The van der Waals surface area contributed by atoms with E-state index in [4.69, 9.17) is 11.5 Å². The Kier molecular flexibility index (Phi) is 6.43. The lowest BCUT2D eigenvalue weighted by atomic mass is 9.92. The molecule has 0 spiro atoms. The quantitative estimate of drug-likeness (QED) is 0.227. The van der Waals surface area contributed by atoms with E-state index in [1.54, 1.807) is 0 Å². The molecule has 0 unspecified atom stereocenters. The summed E-state index contributed by atoms with van der Waals surface area (Å²) in [5.74, 6) is -0.525. The summed E-state index contributed by atoms with van der Waals surface area (Å²) in [5.41, 5.74) is 15.7. The molecule has 1 aliphatic heterocycles. The summed E-state index contributed by atoms with van der Waals surface area (Å²) in [6, 6.07) is 7.64. The zero-order valence-corrected chi connectivity index (χ0v) is 19.3. The van der Waals surface area contributed by atoms with Gasteiger partial charge in [-0.3, -0.25) is 14.5 Å². The second-order valence-electron chi connectivity index (χ2n) is 7.81. The third-order valence-electron chi connectivity index (χ3n) is 5.77. The van der Waals surface area contributed by atoms with Crippen LogP contribution < -0.4 is 11.5 Å². The van der Waals surface area contributed by atoms with Crippen LogP contribution in [0.5, 0.6) is 0 Å². The van der Waals surface area contributed by atoms with Gasteiger partial charge in [0.2, 0.25) is 0 Å². The van der Waals surface area contributed by atoms with Gasteiger partial charge in [0.05, 0.1) is 22.5 Å². The molecular formula is C24H27N3O2S2. The molecule has 3 aromatic rings. The van der Waals surface area contributed by atoms with Crippen LogP contribution >= 0.6 is 22.7 Å². The first-order valence-electron chi connectivity index (χ1n) is 10.7. The van der Waals surface area contributed by atoms with E-state index >= 15 is 0 Å². The molecule has 0 saturated heterocycles. The van der Waals surface area contributed by atoms with Crippen molar-refractivity contribution in [3.63, 3.8) is 0 Å². The van der Waals surface area contributed by atoms with Crippen molar-refractivity contribution >= 4 is 45.9 Å².